The molecule has 2 aromatic carbocycles. The lowest BCUT2D eigenvalue weighted by atomic mass is 10.1. The van der Waals surface area contributed by atoms with E-state index in [0.717, 1.165) is 12.1 Å². The van der Waals surface area contributed by atoms with Crippen molar-refractivity contribution in [3.63, 3.8) is 0 Å². The Hall–Kier alpha value is -2.62. The number of amides is 1. The Morgan fingerprint density at radius 3 is 2.81 bits per heavy atom. The van der Waals surface area contributed by atoms with Crippen molar-refractivity contribution in [2.24, 2.45) is 0 Å². The quantitative estimate of drug-likeness (QED) is 0.816. The average Bonchev–Trinajstić information content (AvgIpc) is 2.95. The summed E-state index contributed by atoms with van der Waals surface area (Å²) in [5.41, 5.74) is 4.59. The smallest absolute Gasteiger partial charge is 0.296 e. The monoisotopic (exact) mass is 278 g/mol. The number of para-hydroxylation sites is 1. The van der Waals surface area contributed by atoms with E-state index in [1.165, 1.54) is 11.3 Å². The molecule has 1 N–H and O–H groups in total. The fourth-order valence-electron chi connectivity index (χ4n) is 3.24. The first-order chi connectivity index (χ1) is 10.1. The first-order valence-electron chi connectivity index (χ1n) is 7.02. The number of benzene rings is 2. The topological polar surface area (TPSA) is 49.4 Å². The van der Waals surface area contributed by atoms with Gasteiger partial charge in [-0.05, 0) is 43.2 Å². The van der Waals surface area contributed by atoms with E-state index in [4.69, 9.17) is 0 Å². The molecule has 1 unspecified atom stereocenters. The van der Waals surface area contributed by atoms with Crippen LogP contribution in [0.15, 0.2) is 42.5 Å². The van der Waals surface area contributed by atoms with Crippen LogP contribution in [-0.2, 0) is 11.2 Å². The zero-order valence-electron chi connectivity index (χ0n) is 11.6. The summed E-state index contributed by atoms with van der Waals surface area (Å²) in [5, 5.41) is 2.63. The van der Waals surface area contributed by atoms with E-state index in [0.29, 0.717) is 17.3 Å². The largest absolute Gasteiger partial charge is 0.338 e. The molecule has 0 saturated heterocycles. The Bertz CT molecular complexity index is 782. The van der Waals surface area contributed by atoms with E-state index in [2.05, 4.69) is 35.3 Å². The molecule has 4 heteroatoms. The third kappa shape index (κ3) is 1.69. The summed E-state index contributed by atoms with van der Waals surface area (Å²) in [4.78, 5) is 25.4. The lowest BCUT2D eigenvalue weighted by molar-refractivity contribution is -0.112. The van der Waals surface area contributed by atoms with Gasteiger partial charge in [0.1, 0.15) is 0 Å². The molecule has 1 atom stereocenters. The van der Waals surface area contributed by atoms with Gasteiger partial charge in [-0.1, -0.05) is 18.2 Å². The van der Waals surface area contributed by atoms with Crippen molar-refractivity contribution in [1.29, 1.82) is 0 Å². The number of fused-ring (bicyclic) bond motifs is 2. The first-order valence-corrected chi connectivity index (χ1v) is 7.02. The Labute approximate surface area is 122 Å². The number of ketones is 1. The van der Waals surface area contributed by atoms with Gasteiger partial charge in [0.05, 0.1) is 11.3 Å². The number of anilines is 3. The SMILES string of the molecule is CC1Cc2ccccc2N1c1ccc2c(c1)NC(=O)C2=O. The van der Waals surface area contributed by atoms with Crippen molar-refractivity contribution >= 4 is 28.8 Å². The second-order valence-corrected chi connectivity index (χ2v) is 5.56. The summed E-state index contributed by atoms with van der Waals surface area (Å²) < 4.78 is 0. The van der Waals surface area contributed by atoms with Gasteiger partial charge in [-0.25, -0.2) is 0 Å². The van der Waals surface area contributed by atoms with Crippen LogP contribution >= 0.6 is 0 Å². The van der Waals surface area contributed by atoms with Crippen LogP contribution in [0.3, 0.4) is 0 Å². The molecule has 0 aliphatic carbocycles. The number of hydrogen-bond acceptors (Lipinski definition) is 3. The van der Waals surface area contributed by atoms with Gasteiger partial charge in [0.15, 0.2) is 0 Å². The summed E-state index contributed by atoms with van der Waals surface area (Å²) in [7, 11) is 0. The molecule has 0 spiro atoms. The number of nitrogens with one attached hydrogen (secondary N) is 1. The fraction of sp³-hybridized carbons (Fsp3) is 0.176. The zero-order valence-corrected chi connectivity index (χ0v) is 11.6. The molecule has 2 aromatic rings. The maximum atomic E-state index is 11.7. The van der Waals surface area contributed by atoms with Gasteiger partial charge in [0.2, 0.25) is 0 Å². The van der Waals surface area contributed by atoms with Gasteiger partial charge >= 0.3 is 0 Å². The molecule has 4 rings (SSSR count). The second-order valence-electron chi connectivity index (χ2n) is 5.56. The Balaban J connectivity index is 1.80. The molecule has 2 aliphatic heterocycles. The highest BCUT2D eigenvalue weighted by molar-refractivity contribution is 6.51. The molecule has 1 amide bonds. The second kappa shape index (κ2) is 4.19. The van der Waals surface area contributed by atoms with E-state index in [1.807, 2.05) is 18.2 Å². The number of hydrogen-bond donors (Lipinski definition) is 1. The molecule has 0 radical (unpaired) electrons. The molecule has 2 aliphatic rings. The minimum atomic E-state index is -0.544. The summed E-state index contributed by atoms with van der Waals surface area (Å²) in [5.74, 6) is -0.997. The Morgan fingerprint density at radius 1 is 1.14 bits per heavy atom. The molecule has 0 fully saturated rings. The van der Waals surface area contributed by atoms with Crippen molar-refractivity contribution in [3.8, 4) is 0 Å². The maximum Gasteiger partial charge on any atom is 0.296 e. The van der Waals surface area contributed by atoms with Crippen molar-refractivity contribution in [2.75, 3.05) is 10.2 Å². The van der Waals surface area contributed by atoms with E-state index in [-0.39, 0.29) is 0 Å². The van der Waals surface area contributed by atoms with Crippen LogP contribution < -0.4 is 10.2 Å². The number of Topliss-reactive ketones (excluding diaryl/α,β-unsaturated/α-hetero) is 1. The maximum absolute atomic E-state index is 11.7. The summed E-state index contributed by atoms with van der Waals surface area (Å²) in [6.07, 6.45) is 0.999. The van der Waals surface area contributed by atoms with E-state index < -0.39 is 11.7 Å². The van der Waals surface area contributed by atoms with Crippen molar-refractivity contribution in [2.45, 2.75) is 19.4 Å². The molecule has 104 valence electrons. The zero-order chi connectivity index (χ0) is 14.6. The van der Waals surface area contributed by atoms with E-state index in [9.17, 15) is 9.59 Å². The van der Waals surface area contributed by atoms with Gasteiger partial charge in [0.25, 0.3) is 11.7 Å². The van der Waals surface area contributed by atoms with Gasteiger partial charge in [-0.15, -0.1) is 0 Å². The fourth-order valence-corrected chi connectivity index (χ4v) is 3.24. The predicted molar refractivity (Wildman–Crippen MR) is 81.1 cm³/mol. The molecule has 0 saturated carbocycles. The minimum absolute atomic E-state index is 0.355. The normalized spacial score (nSPS) is 19.5. The lowest BCUT2D eigenvalue weighted by Crippen LogP contribution is -2.23. The highest BCUT2D eigenvalue weighted by Gasteiger charge is 2.31. The highest BCUT2D eigenvalue weighted by atomic mass is 16.2. The molecule has 21 heavy (non-hydrogen) atoms. The van der Waals surface area contributed by atoms with Gasteiger partial charge in [-0.2, -0.15) is 0 Å². The number of carbonyl (C=O) groups is 2. The lowest BCUT2D eigenvalue weighted by Gasteiger charge is -2.25. The summed E-state index contributed by atoms with van der Waals surface area (Å²) >= 11 is 0. The molecule has 2 heterocycles. The van der Waals surface area contributed by atoms with Crippen LogP contribution in [0.2, 0.25) is 0 Å². The highest BCUT2D eigenvalue weighted by Crippen LogP contribution is 2.40. The van der Waals surface area contributed by atoms with Crippen LogP contribution in [0.1, 0.15) is 22.8 Å². The van der Waals surface area contributed by atoms with Gasteiger partial charge in [-0.3, -0.25) is 9.59 Å². The van der Waals surface area contributed by atoms with Crippen LogP contribution in [0, 0.1) is 0 Å². The average molecular weight is 278 g/mol. The molecule has 0 bridgehead atoms. The number of rotatable bonds is 1. The molecular weight excluding hydrogens is 264 g/mol. The molecule has 4 nitrogen and oxygen atoms in total. The van der Waals surface area contributed by atoms with Crippen LogP contribution in [0.4, 0.5) is 17.1 Å². The molecule has 0 aromatic heterocycles. The Morgan fingerprint density at radius 2 is 1.95 bits per heavy atom. The molecular formula is C17H14N2O2. The predicted octanol–water partition coefficient (Wildman–Crippen LogP) is 2.90. The first kappa shape index (κ1) is 12.1. The summed E-state index contributed by atoms with van der Waals surface area (Å²) in [6, 6.07) is 14.2. The number of carbonyl (C=O) groups excluding carboxylic acids is 2. The Kier molecular flexibility index (Phi) is 2.42. The van der Waals surface area contributed by atoms with Crippen LogP contribution in [0.5, 0.6) is 0 Å². The van der Waals surface area contributed by atoms with Gasteiger partial charge < -0.3 is 10.2 Å². The van der Waals surface area contributed by atoms with Gasteiger partial charge in [0, 0.05) is 17.4 Å². The van der Waals surface area contributed by atoms with Crippen molar-refractivity contribution in [1.82, 2.24) is 0 Å². The third-order valence-electron chi connectivity index (χ3n) is 4.19. The van der Waals surface area contributed by atoms with Crippen LogP contribution in [-0.4, -0.2) is 17.7 Å². The van der Waals surface area contributed by atoms with Crippen molar-refractivity contribution < 1.29 is 9.59 Å². The standard InChI is InChI=1S/C17H14N2O2/c1-10-8-11-4-2-3-5-15(11)19(10)12-6-7-13-14(9-12)18-17(21)16(13)20/h2-7,9-10H,8H2,1H3,(H,18,20,21). The van der Waals surface area contributed by atoms with Crippen LogP contribution in [0.25, 0.3) is 0 Å². The number of nitrogens with zero attached hydrogens (tertiary/aromatic N) is 1. The third-order valence-corrected chi connectivity index (χ3v) is 4.19. The van der Waals surface area contributed by atoms with E-state index >= 15 is 0 Å². The van der Waals surface area contributed by atoms with Crippen molar-refractivity contribution in [3.05, 3.63) is 53.6 Å². The van der Waals surface area contributed by atoms with E-state index in [1.54, 1.807) is 6.07 Å². The minimum Gasteiger partial charge on any atom is -0.338 e. The summed E-state index contributed by atoms with van der Waals surface area (Å²) in [6.45, 7) is 2.18.